The molecule has 4 nitrogen and oxygen atoms in total. The summed E-state index contributed by atoms with van der Waals surface area (Å²) in [4.78, 5) is 13.1. The second-order valence-corrected chi connectivity index (χ2v) is 4.51. The fourth-order valence-electron chi connectivity index (χ4n) is 1.95. The molecule has 1 N–H and O–H groups in total. The maximum atomic E-state index is 11.1. The zero-order chi connectivity index (χ0) is 11.5. The number of aliphatic carboxylic acids is 1. The van der Waals surface area contributed by atoms with Gasteiger partial charge >= 0.3 is 5.97 Å². The average molecular weight is 215 g/mol. The maximum absolute atomic E-state index is 11.1. The van der Waals surface area contributed by atoms with Crippen LogP contribution in [-0.2, 0) is 9.53 Å². The van der Waals surface area contributed by atoms with Gasteiger partial charge in [-0.1, -0.05) is 0 Å². The largest absolute Gasteiger partial charge is 0.480 e. The van der Waals surface area contributed by atoms with E-state index in [1.807, 2.05) is 11.8 Å². The summed E-state index contributed by atoms with van der Waals surface area (Å²) in [6, 6.07) is 0. The SMILES string of the molecule is CCOC1CCN(C(C)(C)C(=O)O)CC1. The second-order valence-electron chi connectivity index (χ2n) is 4.51. The Labute approximate surface area is 91.2 Å². The van der Waals surface area contributed by atoms with Crippen molar-refractivity contribution < 1.29 is 14.6 Å². The normalized spacial score (nSPS) is 20.5. The van der Waals surface area contributed by atoms with Crippen molar-refractivity contribution in [2.45, 2.75) is 45.3 Å². The quantitative estimate of drug-likeness (QED) is 0.769. The number of carbonyl (C=O) groups is 1. The van der Waals surface area contributed by atoms with Crippen LogP contribution in [0, 0.1) is 0 Å². The van der Waals surface area contributed by atoms with Crippen molar-refractivity contribution in [3.8, 4) is 0 Å². The molecule has 1 rings (SSSR count). The summed E-state index contributed by atoms with van der Waals surface area (Å²) in [6.07, 6.45) is 2.19. The third-order valence-electron chi connectivity index (χ3n) is 3.16. The third-order valence-corrected chi connectivity index (χ3v) is 3.16. The number of carboxylic acid groups (broad SMARTS) is 1. The Bertz CT molecular complexity index is 220. The van der Waals surface area contributed by atoms with Crippen LogP contribution >= 0.6 is 0 Å². The lowest BCUT2D eigenvalue weighted by molar-refractivity contribution is -0.151. The van der Waals surface area contributed by atoms with Gasteiger partial charge in [0.1, 0.15) is 5.54 Å². The number of ether oxygens (including phenoxy) is 1. The molecule has 0 aliphatic carbocycles. The maximum Gasteiger partial charge on any atom is 0.323 e. The highest BCUT2D eigenvalue weighted by atomic mass is 16.5. The number of likely N-dealkylation sites (tertiary alicyclic amines) is 1. The Morgan fingerprint density at radius 2 is 2.00 bits per heavy atom. The summed E-state index contributed by atoms with van der Waals surface area (Å²) in [5.74, 6) is -0.752. The predicted molar refractivity (Wildman–Crippen MR) is 57.9 cm³/mol. The highest BCUT2D eigenvalue weighted by Gasteiger charge is 2.36. The standard InChI is InChI=1S/C11H21NO3/c1-4-15-9-5-7-12(8-6-9)11(2,3)10(13)14/h9H,4-8H2,1-3H3,(H,13,14). The summed E-state index contributed by atoms with van der Waals surface area (Å²) < 4.78 is 5.53. The number of hydrogen-bond acceptors (Lipinski definition) is 3. The molecule has 1 saturated heterocycles. The molecule has 88 valence electrons. The molecule has 0 amide bonds. The fourth-order valence-corrected chi connectivity index (χ4v) is 1.95. The molecule has 1 fully saturated rings. The Hall–Kier alpha value is -0.610. The number of rotatable bonds is 4. The van der Waals surface area contributed by atoms with E-state index in [0.29, 0.717) is 6.10 Å². The molecule has 0 saturated carbocycles. The van der Waals surface area contributed by atoms with E-state index in [1.165, 1.54) is 0 Å². The first-order chi connectivity index (χ1) is 6.98. The van der Waals surface area contributed by atoms with Crippen LogP contribution in [0.5, 0.6) is 0 Å². The molecule has 4 heteroatoms. The van der Waals surface area contributed by atoms with E-state index in [1.54, 1.807) is 13.8 Å². The van der Waals surface area contributed by atoms with Crippen molar-refractivity contribution in [1.29, 1.82) is 0 Å². The van der Waals surface area contributed by atoms with Crippen LogP contribution in [0.25, 0.3) is 0 Å². The van der Waals surface area contributed by atoms with Crippen LogP contribution in [0.3, 0.4) is 0 Å². The first kappa shape index (κ1) is 12.5. The summed E-state index contributed by atoms with van der Waals surface area (Å²) in [7, 11) is 0. The van der Waals surface area contributed by atoms with Gasteiger partial charge in [-0.2, -0.15) is 0 Å². The van der Waals surface area contributed by atoms with E-state index in [0.717, 1.165) is 32.5 Å². The van der Waals surface area contributed by atoms with Gasteiger partial charge in [0.05, 0.1) is 6.10 Å². The summed E-state index contributed by atoms with van der Waals surface area (Å²) >= 11 is 0. The van der Waals surface area contributed by atoms with E-state index >= 15 is 0 Å². The van der Waals surface area contributed by atoms with Crippen LogP contribution in [0.4, 0.5) is 0 Å². The van der Waals surface area contributed by atoms with Gasteiger partial charge in [0.15, 0.2) is 0 Å². The van der Waals surface area contributed by atoms with Crippen molar-refractivity contribution in [1.82, 2.24) is 4.90 Å². The highest BCUT2D eigenvalue weighted by molar-refractivity contribution is 5.77. The third kappa shape index (κ3) is 2.92. The van der Waals surface area contributed by atoms with Gasteiger partial charge in [0.2, 0.25) is 0 Å². The molecule has 0 atom stereocenters. The van der Waals surface area contributed by atoms with Crippen LogP contribution in [-0.4, -0.2) is 47.3 Å². The van der Waals surface area contributed by atoms with E-state index in [9.17, 15) is 4.79 Å². The van der Waals surface area contributed by atoms with Gasteiger partial charge in [-0.3, -0.25) is 9.69 Å². The minimum Gasteiger partial charge on any atom is -0.480 e. The molecule has 0 bridgehead atoms. The lowest BCUT2D eigenvalue weighted by Crippen LogP contribution is -2.53. The molecular formula is C11H21NO3. The summed E-state index contributed by atoms with van der Waals surface area (Å²) in [6.45, 7) is 7.88. The van der Waals surface area contributed by atoms with Gasteiger partial charge < -0.3 is 9.84 Å². The topological polar surface area (TPSA) is 49.8 Å². The molecule has 0 aromatic rings. The van der Waals surface area contributed by atoms with Crippen LogP contribution in [0.15, 0.2) is 0 Å². The molecule has 1 aliphatic heterocycles. The van der Waals surface area contributed by atoms with Crippen molar-refractivity contribution in [2.75, 3.05) is 19.7 Å². The molecule has 0 spiro atoms. The number of carboxylic acids is 1. The Kier molecular flexibility index (Phi) is 4.11. The van der Waals surface area contributed by atoms with E-state index < -0.39 is 11.5 Å². The Morgan fingerprint density at radius 1 is 1.47 bits per heavy atom. The number of piperidine rings is 1. The van der Waals surface area contributed by atoms with Gasteiger partial charge in [-0.25, -0.2) is 0 Å². The van der Waals surface area contributed by atoms with Crippen molar-refractivity contribution in [3.63, 3.8) is 0 Å². The van der Waals surface area contributed by atoms with Crippen LogP contribution in [0.2, 0.25) is 0 Å². The molecule has 15 heavy (non-hydrogen) atoms. The molecule has 1 heterocycles. The van der Waals surface area contributed by atoms with Gasteiger partial charge in [-0.15, -0.1) is 0 Å². The first-order valence-corrected chi connectivity index (χ1v) is 5.58. The Balaban J connectivity index is 2.46. The van der Waals surface area contributed by atoms with Gasteiger partial charge in [0.25, 0.3) is 0 Å². The van der Waals surface area contributed by atoms with Crippen LogP contribution < -0.4 is 0 Å². The smallest absolute Gasteiger partial charge is 0.323 e. The Morgan fingerprint density at radius 3 is 2.40 bits per heavy atom. The average Bonchev–Trinajstić information content (AvgIpc) is 2.19. The first-order valence-electron chi connectivity index (χ1n) is 5.58. The number of nitrogens with zero attached hydrogens (tertiary/aromatic N) is 1. The molecule has 0 aromatic carbocycles. The fraction of sp³-hybridized carbons (Fsp3) is 0.909. The highest BCUT2D eigenvalue weighted by Crippen LogP contribution is 2.22. The molecule has 0 aromatic heterocycles. The molecular weight excluding hydrogens is 194 g/mol. The van der Waals surface area contributed by atoms with Crippen molar-refractivity contribution >= 4 is 5.97 Å². The number of hydrogen-bond donors (Lipinski definition) is 1. The summed E-state index contributed by atoms with van der Waals surface area (Å²) in [5, 5.41) is 9.09. The predicted octanol–water partition coefficient (Wildman–Crippen LogP) is 1.35. The van der Waals surface area contributed by atoms with Gasteiger partial charge in [0, 0.05) is 19.7 Å². The van der Waals surface area contributed by atoms with E-state index in [4.69, 9.17) is 9.84 Å². The lowest BCUT2D eigenvalue weighted by Gasteiger charge is -2.39. The second kappa shape index (κ2) is 4.94. The minimum atomic E-state index is -0.753. The van der Waals surface area contributed by atoms with E-state index in [-0.39, 0.29) is 0 Å². The van der Waals surface area contributed by atoms with E-state index in [2.05, 4.69) is 0 Å². The summed E-state index contributed by atoms with van der Waals surface area (Å²) in [5.41, 5.74) is -0.753. The zero-order valence-electron chi connectivity index (χ0n) is 9.82. The molecule has 1 aliphatic rings. The minimum absolute atomic E-state index is 0.316. The van der Waals surface area contributed by atoms with Crippen molar-refractivity contribution in [2.24, 2.45) is 0 Å². The monoisotopic (exact) mass is 215 g/mol. The zero-order valence-corrected chi connectivity index (χ0v) is 9.82. The molecule has 0 radical (unpaired) electrons. The van der Waals surface area contributed by atoms with Gasteiger partial charge in [-0.05, 0) is 33.6 Å². The lowest BCUT2D eigenvalue weighted by atomic mass is 9.98. The van der Waals surface area contributed by atoms with Crippen molar-refractivity contribution in [3.05, 3.63) is 0 Å². The van der Waals surface area contributed by atoms with Crippen LogP contribution in [0.1, 0.15) is 33.6 Å². The molecule has 0 unspecified atom stereocenters.